The molecule has 0 spiro atoms. The number of furan rings is 1. The van der Waals surface area contributed by atoms with Crippen LogP contribution in [0.3, 0.4) is 0 Å². The highest BCUT2D eigenvalue weighted by molar-refractivity contribution is 5.22. The maximum absolute atomic E-state index is 6.91. The van der Waals surface area contributed by atoms with Crippen LogP contribution in [0.15, 0.2) is 22.8 Å². The molecule has 3 aliphatic rings. The van der Waals surface area contributed by atoms with Crippen LogP contribution in [0.2, 0.25) is 0 Å². The molecule has 4 rings (SSSR count). The summed E-state index contributed by atoms with van der Waals surface area (Å²) in [7, 11) is 0. The van der Waals surface area contributed by atoms with Crippen molar-refractivity contribution in [2.75, 3.05) is 13.2 Å². The first-order chi connectivity index (χ1) is 10.0. The lowest BCUT2D eigenvalue weighted by Gasteiger charge is -2.63. The van der Waals surface area contributed by atoms with Gasteiger partial charge >= 0.3 is 0 Å². The van der Waals surface area contributed by atoms with Gasteiger partial charge in [-0.15, -0.1) is 0 Å². The maximum Gasteiger partial charge on any atom is 0.117 e. The molecule has 0 aromatic carbocycles. The summed E-state index contributed by atoms with van der Waals surface area (Å²) in [5.74, 6) is 1.56. The van der Waals surface area contributed by atoms with Gasteiger partial charge in [0.25, 0.3) is 0 Å². The minimum atomic E-state index is -0.136. The maximum atomic E-state index is 6.91. The number of nitrogens with two attached hydrogens (primary N) is 1. The quantitative estimate of drug-likeness (QED) is 0.904. The molecule has 116 valence electrons. The summed E-state index contributed by atoms with van der Waals surface area (Å²) in [5.41, 5.74) is 6.83. The van der Waals surface area contributed by atoms with E-state index in [1.807, 2.05) is 6.07 Å². The Kier molecular flexibility index (Phi) is 3.01. The van der Waals surface area contributed by atoms with Gasteiger partial charge in [0.2, 0.25) is 0 Å². The van der Waals surface area contributed by atoms with Gasteiger partial charge in [-0.05, 0) is 31.4 Å². The van der Waals surface area contributed by atoms with E-state index in [2.05, 4.69) is 24.8 Å². The molecule has 4 heteroatoms. The molecular weight excluding hydrogens is 264 g/mol. The lowest BCUT2D eigenvalue weighted by atomic mass is 9.48. The zero-order chi connectivity index (χ0) is 14.7. The monoisotopic (exact) mass is 290 g/mol. The summed E-state index contributed by atoms with van der Waals surface area (Å²) >= 11 is 0. The number of hydrogen-bond acceptors (Lipinski definition) is 4. The first-order valence-electron chi connectivity index (χ1n) is 8.19. The van der Waals surface area contributed by atoms with Crippen molar-refractivity contribution in [2.45, 2.75) is 57.3 Å². The average Bonchev–Trinajstić information content (AvgIpc) is 2.98. The third-order valence-corrected chi connectivity index (χ3v) is 6.13. The zero-order valence-corrected chi connectivity index (χ0v) is 13.0. The minimum Gasteiger partial charge on any atom is -0.468 e. The Balaban J connectivity index is 1.52. The second-order valence-corrected chi connectivity index (χ2v) is 7.66. The predicted molar refractivity (Wildman–Crippen MR) is 80.7 cm³/mol. The fourth-order valence-corrected chi connectivity index (χ4v) is 4.49. The molecule has 2 aliphatic carbocycles. The third-order valence-electron chi connectivity index (χ3n) is 6.13. The van der Waals surface area contributed by atoms with E-state index >= 15 is 0 Å². The summed E-state index contributed by atoms with van der Waals surface area (Å²) in [4.78, 5) is 2.54. The van der Waals surface area contributed by atoms with Gasteiger partial charge in [0, 0.05) is 36.1 Å². The standard InChI is InChI=1S/C17H26N2O2/c1-16(2)15-14(7-9-21-15)17(16,18)11-19(12-5-6-12)10-13-4-3-8-20-13/h3-4,8,12,14-15H,5-7,9-11,18H2,1-2H3. The highest BCUT2D eigenvalue weighted by Gasteiger charge is 2.68. The Bertz CT molecular complexity index is 509. The molecule has 4 nitrogen and oxygen atoms in total. The van der Waals surface area contributed by atoms with Crippen molar-refractivity contribution in [3.05, 3.63) is 24.2 Å². The number of ether oxygens (including phenoxy) is 1. The van der Waals surface area contributed by atoms with E-state index in [0.29, 0.717) is 18.1 Å². The van der Waals surface area contributed by atoms with E-state index in [9.17, 15) is 0 Å². The molecule has 3 atom stereocenters. The van der Waals surface area contributed by atoms with Gasteiger partial charge < -0.3 is 14.9 Å². The lowest BCUT2D eigenvalue weighted by molar-refractivity contribution is -0.164. The summed E-state index contributed by atoms with van der Waals surface area (Å²) in [6.45, 7) is 7.26. The van der Waals surface area contributed by atoms with Gasteiger partial charge in [0.1, 0.15) is 5.76 Å². The van der Waals surface area contributed by atoms with Gasteiger partial charge in [0.05, 0.1) is 18.9 Å². The topological polar surface area (TPSA) is 51.6 Å². The summed E-state index contributed by atoms with van der Waals surface area (Å²) in [6.07, 6.45) is 5.81. The number of nitrogens with zero attached hydrogens (tertiary/aromatic N) is 1. The second kappa shape index (κ2) is 4.58. The Morgan fingerprint density at radius 3 is 2.81 bits per heavy atom. The normalized spacial score (nSPS) is 37.5. The molecule has 1 saturated heterocycles. The van der Waals surface area contributed by atoms with Gasteiger partial charge in [-0.2, -0.15) is 0 Å². The number of hydrogen-bond donors (Lipinski definition) is 1. The number of rotatable bonds is 5. The molecule has 3 unspecified atom stereocenters. The van der Waals surface area contributed by atoms with Gasteiger partial charge in [0.15, 0.2) is 0 Å². The van der Waals surface area contributed by atoms with Crippen molar-refractivity contribution < 1.29 is 9.15 Å². The van der Waals surface area contributed by atoms with Crippen molar-refractivity contribution in [1.29, 1.82) is 0 Å². The van der Waals surface area contributed by atoms with Crippen molar-refractivity contribution >= 4 is 0 Å². The van der Waals surface area contributed by atoms with Crippen molar-refractivity contribution in [2.24, 2.45) is 17.1 Å². The van der Waals surface area contributed by atoms with E-state index in [0.717, 1.165) is 31.9 Å². The third kappa shape index (κ3) is 2.00. The molecule has 1 aliphatic heterocycles. The molecule has 3 fully saturated rings. The number of fused-ring (bicyclic) bond motifs is 1. The average molecular weight is 290 g/mol. The fourth-order valence-electron chi connectivity index (χ4n) is 4.49. The molecule has 2 N–H and O–H groups in total. The smallest absolute Gasteiger partial charge is 0.117 e. The van der Waals surface area contributed by atoms with Crippen molar-refractivity contribution in [3.63, 3.8) is 0 Å². The van der Waals surface area contributed by atoms with Crippen LogP contribution >= 0.6 is 0 Å². The van der Waals surface area contributed by atoms with Crippen LogP contribution in [0.5, 0.6) is 0 Å². The lowest BCUT2D eigenvalue weighted by Crippen LogP contribution is -2.78. The van der Waals surface area contributed by atoms with Gasteiger partial charge in [-0.3, -0.25) is 4.90 Å². The summed E-state index contributed by atoms with van der Waals surface area (Å²) in [5, 5.41) is 0. The Morgan fingerprint density at radius 2 is 2.14 bits per heavy atom. The molecule has 0 amide bonds. The van der Waals surface area contributed by atoms with E-state index in [4.69, 9.17) is 14.9 Å². The predicted octanol–water partition coefficient (Wildman–Crippen LogP) is 2.39. The molecule has 1 aromatic heterocycles. The highest BCUT2D eigenvalue weighted by Crippen LogP contribution is 2.58. The van der Waals surface area contributed by atoms with Gasteiger partial charge in [-0.25, -0.2) is 0 Å². The molecule has 2 saturated carbocycles. The molecule has 1 aromatic rings. The van der Waals surface area contributed by atoms with Crippen LogP contribution in [0.1, 0.15) is 38.9 Å². The van der Waals surface area contributed by atoms with Crippen LogP contribution in [-0.2, 0) is 11.3 Å². The van der Waals surface area contributed by atoms with Crippen molar-refractivity contribution in [3.8, 4) is 0 Å². The highest BCUT2D eigenvalue weighted by atomic mass is 16.5. The molecular formula is C17H26N2O2. The second-order valence-electron chi connectivity index (χ2n) is 7.66. The van der Waals surface area contributed by atoms with E-state index in [-0.39, 0.29) is 11.0 Å². The van der Waals surface area contributed by atoms with Crippen LogP contribution in [0, 0.1) is 11.3 Å². The van der Waals surface area contributed by atoms with Crippen LogP contribution in [-0.4, -0.2) is 35.7 Å². The van der Waals surface area contributed by atoms with Crippen molar-refractivity contribution in [1.82, 2.24) is 4.90 Å². The Morgan fingerprint density at radius 1 is 1.33 bits per heavy atom. The minimum absolute atomic E-state index is 0.0600. The van der Waals surface area contributed by atoms with Crippen LogP contribution in [0.4, 0.5) is 0 Å². The van der Waals surface area contributed by atoms with E-state index in [1.54, 1.807) is 6.26 Å². The van der Waals surface area contributed by atoms with Crippen LogP contribution in [0.25, 0.3) is 0 Å². The molecule has 2 heterocycles. The zero-order valence-electron chi connectivity index (χ0n) is 13.0. The summed E-state index contributed by atoms with van der Waals surface area (Å²) < 4.78 is 11.4. The van der Waals surface area contributed by atoms with Gasteiger partial charge in [-0.1, -0.05) is 13.8 Å². The SMILES string of the molecule is CC1(C)C2OCCC2C1(N)CN(Cc1ccco1)C1CC1. The summed E-state index contributed by atoms with van der Waals surface area (Å²) in [6, 6.07) is 4.71. The molecule has 0 radical (unpaired) electrons. The Labute approximate surface area is 126 Å². The first-order valence-corrected chi connectivity index (χ1v) is 8.19. The largest absolute Gasteiger partial charge is 0.468 e. The van der Waals surface area contributed by atoms with Crippen LogP contribution < -0.4 is 5.73 Å². The van der Waals surface area contributed by atoms with E-state index < -0.39 is 0 Å². The molecule has 21 heavy (non-hydrogen) atoms. The van der Waals surface area contributed by atoms with E-state index in [1.165, 1.54) is 12.8 Å². The molecule has 0 bridgehead atoms. The first kappa shape index (κ1) is 13.8. The fraction of sp³-hybridized carbons (Fsp3) is 0.765. The Hall–Kier alpha value is -0.840.